The molecule has 0 bridgehead atoms. The van der Waals surface area contributed by atoms with Crippen LogP contribution in [-0.4, -0.2) is 33.9 Å². The Morgan fingerprint density at radius 1 is 1.50 bits per heavy atom. The van der Waals surface area contributed by atoms with Gasteiger partial charge in [0.25, 0.3) is 0 Å². The van der Waals surface area contributed by atoms with E-state index in [0.717, 1.165) is 24.6 Å². The van der Waals surface area contributed by atoms with E-state index in [9.17, 15) is 0 Å². The molecule has 16 heavy (non-hydrogen) atoms. The molecule has 0 fully saturated rings. The smallest absolute Gasteiger partial charge is 0.157 e. The molecule has 0 spiro atoms. The van der Waals surface area contributed by atoms with Gasteiger partial charge in [0.15, 0.2) is 5.65 Å². The number of hydrogen-bond donors (Lipinski definition) is 1. The van der Waals surface area contributed by atoms with Crippen molar-refractivity contribution in [2.24, 2.45) is 0 Å². The molecule has 2 heterocycles. The van der Waals surface area contributed by atoms with Crippen LogP contribution in [0.25, 0.3) is 5.65 Å². The molecule has 1 atom stereocenters. The van der Waals surface area contributed by atoms with Gasteiger partial charge in [-0.2, -0.15) is 5.10 Å². The van der Waals surface area contributed by atoms with Gasteiger partial charge in [-0.25, -0.2) is 9.50 Å². The molecule has 2 rings (SSSR count). The lowest BCUT2D eigenvalue weighted by molar-refractivity contribution is 0.0855. The Morgan fingerprint density at radius 3 is 3.19 bits per heavy atom. The highest BCUT2D eigenvalue weighted by Gasteiger charge is 2.02. The highest BCUT2D eigenvalue weighted by molar-refractivity contribution is 5.45. The lowest BCUT2D eigenvalue weighted by atomic mass is 10.4. The minimum absolute atomic E-state index is 0.188. The molecule has 0 amide bonds. The number of hydrogen-bond acceptors (Lipinski definition) is 4. The lowest BCUT2D eigenvalue weighted by Crippen LogP contribution is -2.20. The van der Waals surface area contributed by atoms with Gasteiger partial charge >= 0.3 is 0 Å². The van der Waals surface area contributed by atoms with Crippen molar-refractivity contribution < 1.29 is 4.74 Å². The predicted octanol–water partition coefficient (Wildman–Crippen LogP) is 1.57. The number of nitrogens with zero attached hydrogens (tertiary/aromatic N) is 3. The number of rotatable bonds is 5. The molecular formula is C11H16N4O. The fourth-order valence-corrected chi connectivity index (χ4v) is 1.50. The van der Waals surface area contributed by atoms with Crippen LogP contribution in [0.2, 0.25) is 0 Å². The second kappa shape index (κ2) is 4.94. The number of fused-ring (bicyclic) bond motifs is 1. The summed E-state index contributed by atoms with van der Waals surface area (Å²) >= 11 is 0. The summed E-state index contributed by atoms with van der Waals surface area (Å²) in [7, 11) is 0. The van der Waals surface area contributed by atoms with Gasteiger partial charge < -0.3 is 10.1 Å². The molecule has 0 saturated heterocycles. The second-order valence-electron chi connectivity index (χ2n) is 3.59. The summed E-state index contributed by atoms with van der Waals surface area (Å²) in [5, 5.41) is 7.32. The SMILES string of the molecule is CCOC(C)CNc1ccn2nccc2n1. The molecule has 2 aromatic heterocycles. The summed E-state index contributed by atoms with van der Waals surface area (Å²) < 4.78 is 7.16. The highest BCUT2D eigenvalue weighted by atomic mass is 16.5. The van der Waals surface area contributed by atoms with Gasteiger partial charge in [0.05, 0.1) is 12.3 Å². The Kier molecular flexibility index (Phi) is 3.36. The van der Waals surface area contributed by atoms with Crippen LogP contribution in [0.3, 0.4) is 0 Å². The van der Waals surface area contributed by atoms with Gasteiger partial charge in [0.1, 0.15) is 5.82 Å². The van der Waals surface area contributed by atoms with Crippen LogP contribution in [0.1, 0.15) is 13.8 Å². The van der Waals surface area contributed by atoms with Crippen LogP contribution < -0.4 is 5.32 Å². The fraction of sp³-hybridized carbons (Fsp3) is 0.455. The summed E-state index contributed by atoms with van der Waals surface area (Å²) in [6, 6.07) is 3.77. The standard InChI is InChI=1S/C11H16N4O/c1-3-16-9(2)8-12-10-5-7-15-11(14-10)4-6-13-15/h4-7,9H,3,8H2,1-2H3,(H,12,14). The van der Waals surface area contributed by atoms with E-state index in [1.165, 1.54) is 0 Å². The molecule has 1 unspecified atom stereocenters. The van der Waals surface area contributed by atoms with E-state index in [-0.39, 0.29) is 6.10 Å². The van der Waals surface area contributed by atoms with Crippen LogP contribution in [0.5, 0.6) is 0 Å². The second-order valence-corrected chi connectivity index (χ2v) is 3.59. The van der Waals surface area contributed by atoms with Crippen molar-refractivity contribution in [1.29, 1.82) is 0 Å². The monoisotopic (exact) mass is 220 g/mol. The Morgan fingerprint density at radius 2 is 2.38 bits per heavy atom. The highest BCUT2D eigenvalue weighted by Crippen LogP contribution is 2.06. The number of nitrogens with one attached hydrogen (secondary N) is 1. The molecule has 0 aliphatic heterocycles. The minimum Gasteiger partial charge on any atom is -0.377 e. The molecule has 2 aromatic rings. The van der Waals surface area contributed by atoms with Gasteiger partial charge in [-0.05, 0) is 19.9 Å². The molecule has 0 aliphatic rings. The Labute approximate surface area is 94.4 Å². The average molecular weight is 220 g/mol. The molecule has 5 heteroatoms. The van der Waals surface area contributed by atoms with Crippen molar-refractivity contribution in [3.8, 4) is 0 Å². The van der Waals surface area contributed by atoms with Crippen molar-refractivity contribution in [2.75, 3.05) is 18.5 Å². The zero-order valence-corrected chi connectivity index (χ0v) is 9.55. The lowest BCUT2D eigenvalue weighted by Gasteiger charge is -2.12. The van der Waals surface area contributed by atoms with E-state index in [0.29, 0.717) is 0 Å². The predicted molar refractivity (Wildman–Crippen MR) is 62.6 cm³/mol. The minimum atomic E-state index is 0.188. The van der Waals surface area contributed by atoms with E-state index in [4.69, 9.17) is 4.74 Å². The summed E-state index contributed by atoms with van der Waals surface area (Å²) in [5.74, 6) is 0.847. The van der Waals surface area contributed by atoms with Gasteiger partial charge in [0, 0.05) is 25.4 Å². The van der Waals surface area contributed by atoms with Crippen LogP contribution in [0, 0.1) is 0 Å². The maximum absolute atomic E-state index is 5.43. The molecule has 5 nitrogen and oxygen atoms in total. The Balaban J connectivity index is 1.98. The molecule has 0 saturated carbocycles. The Bertz CT molecular complexity index is 454. The quantitative estimate of drug-likeness (QED) is 0.831. The van der Waals surface area contributed by atoms with Gasteiger partial charge in [-0.15, -0.1) is 0 Å². The summed E-state index contributed by atoms with van der Waals surface area (Å²) in [6.07, 6.45) is 3.80. The van der Waals surface area contributed by atoms with Crippen molar-refractivity contribution >= 4 is 11.5 Å². The van der Waals surface area contributed by atoms with E-state index >= 15 is 0 Å². The first-order chi connectivity index (χ1) is 7.79. The zero-order chi connectivity index (χ0) is 11.4. The molecule has 0 radical (unpaired) electrons. The third-order valence-corrected chi connectivity index (χ3v) is 2.28. The number of ether oxygens (including phenoxy) is 1. The van der Waals surface area contributed by atoms with Crippen molar-refractivity contribution in [3.63, 3.8) is 0 Å². The summed E-state index contributed by atoms with van der Waals surface area (Å²) in [5.41, 5.74) is 0.842. The number of anilines is 1. The van der Waals surface area contributed by atoms with Gasteiger partial charge in [0.2, 0.25) is 0 Å². The third kappa shape index (κ3) is 2.49. The third-order valence-electron chi connectivity index (χ3n) is 2.28. The van der Waals surface area contributed by atoms with Gasteiger partial charge in [-0.1, -0.05) is 0 Å². The van der Waals surface area contributed by atoms with Crippen molar-refractivity contribution in [2.45, 2.75) is 20.0 Å². The van der Waals surface area contributed by atoms with E-state index in [1.807, 2.05) is 32.2 Å². The first-order valence-electron chi connectivity index (χ1n) is 5.45. The zero-order valence-electron chi connectivity index (χ0n) is 9.55. The van der Waals surface area contributed by atoms with Crippen LogP contribution >= 0.6 is 0 Å². The first-order valence-corrected chi connectivity index (χ1v) is 5.45. The average Bonchev–Trinajstić information content (AvgIpc) is 2.74. The molecule has 0 aliphatic carbocycles. The maximum atomic E-state index is 5.43. The number of aromatic nitrogens is 3. The maximum Gasteiger partial charge on any atom is 0.157 e. The summed E-state index contributed by atoms with van der Waals surface area (Å²) in [6.45, 7) is 5.52. The van der Waals surface area contributed by atoms with Crippen molar-refractivity contribution in [3.05, 3.63) is 24.5 Å². The van der Waals surface area contributed by atoms with E-state index < -0.39 is 0 Å². The first kappa shape index (κ1) is 10.9. The van der Waals surface area contributed by atoms with Crippen LogP contribution in [0.4, 0.5) is 5.82 Å². The summed E-state index contributed by atoms with van der Waals surface area (Å²) in [4.78, 5) is 4.40. The fourth-order valence-electron chi connectivity index (χ4n) is 1.50. The van der Waals surface area contributed by atoms with Crippen molar-refractivity contribution in [1.82, 2.24) is 14.6 Å². The van der Waals surface area contributed by atoms with Gasteiger partial charge in [-0.3, -0.25) is 0 Å². The molecule has 86 valence electrons. The molecular weight excluding hydrogens is 204 g/mol. The topological polar surface area (TPSA) is 51.5 Å². The van der Waals surface area contributed by atoms with Crippen LogP contribution in [-0.2, 0) is 4.74 Å². The van der Waals surface area contributed by atoms with E-state index in [2.05, 4.69) is 15.4 Å². The van der Waals surface area contributed by atoms with Crippen LogP contribution in [0.15, 0.2) is 24.5 Å². The molecule has 0 aromatic carbocycles. The largest absolute Gasteiger partial charge is 0.377 e. The normalized spacial score (nSPS) is 12.9. The Hall–Kier alpha value is -1.62. The molecule has 1 N–H and O–H groups in total. The van der Waals surface area contributed by atoms with E-state index in [1.54, 1.807) is 10.7 Å².